The molecule has 4 heteroatoms. The maximum atomic E-state index is 4.78. The molecule has 17 heavy (non-hydrogen) atoms. The van der Waals surface area contributed by atoms with Gasteiger partial charge in [-0.1, -0.05) is 6.92 Å². The zero-order valence-corrected chi connectivity index (χ0v) is 10.8. The molecule has 2 fully saturated rings. The average molecular weight is 234 g/mol. The summed E-state index contributed by atoms with van der Waals surface area (Å²) >= 11 is 0. The molecule has 2 aliphatic heterocycles. The molecule has 2 atom stereocenters. The van der Waals surface area contributed by atoms with Crippen LogP contribution in [0.3, 0.4) is 0 Å². The fourth-order valence-electron chi connectivity index (χ4n) is 3.13. The molecule has 0 amide bonds. The SMILES string of the molecule is CCc1cn(CC)c(N2CC3CNCC3C2)n1. The molecule has 1 aromatic heterocycles. The van der Waals surface area contributed by atoms with Gasteiger partial charge >= 0.3 is 0 Å². The molecule has 3 heterocycles. The molecule has 2 aliphatic rings. The van der Waals surface area contributed by atoms with Crippen molar-refractivity contribution < 1.29 is 0 Å². The second kappa shape index (κ2) is 4.33. The van der Waals surface area contributed by atoms with Crippen molar-refractivity contribution in [3.8, 4) is 0 Å². The molecule has 0 aromatic carbocycles. The highest BCUT2D eigenvalue weighted by molar-refractivity contribution is 5.36. The lowest BCUT2D eigenvalue weighted by molar-refractivity contribution is 0.533. The lowest BCUT2D eigenvalue weighted by atomic mass is 10.0. The minimum Gasteiger partial charge on any atom is -0.342 e. The predicted molar refractivity (Wildman–Crippen MR) is 69.3 cm³/mol. The average Bonchev–Trinajstić information content (AvgIpc) is 3.01. The van der Waals surface area contributed by atoms with E-state index in [1.54, 1.807) is 0 Å². The van der Waals surface area contributed by atoms with Crippen LogP contribution in [0.15, 0.2) is 6.20 Å². The molecule has 0 bridgehead atoms. The molecule has 0 aliphatic carbocycles. The molecule has 1 aromatic rings. The highest BCUT2D eigenvalue weighted by Crippen LogP contribution is 2.30. The van der Waals surface area contributed by atoms with E-state index in [0.29, 0.717) is 0 Å². The van der Waals surface area contributed by atoms with E-state index in [0.717, 1.165) is 24.8 Å². The number of aryl methyl sites for hydroxylation is 2. The lowest BCUT2D eigenvalue weighted by Gasteiger charge is -2.19. The van der Waals surface area contributed by atoms with Crippen LogP contribution in [0.5, 0.6) is 0 Å². The minimum absolute atomic E-state index is 0.835. The molecule has 4 nitrogen and oxygen atoms in total. The molecule has 2 unspecified atom stereocenters. The Morgan fingerprint density at radius 2 is 2.00 bits per heavy atom. The van der Waals surface area contributed by atoms with Gasteiger partial charge in [0.15, 0.2) is 0 Å². The number of imidazole rings is 1. The second-order valence-corrected chi connectivity index (χ2v) is 5.26. The van der Waals surface area contributed by atoms with Gasteiger partial charge in [-0.2, -0.15) is 0 Å². The van der Waals surface area contributed by atoms with Crippen molar-refractivity contribution in [3.63, 3.8) is 0 Å². The Hall–Kier alpha value is -1.03. The van der Waals surface area contributed by atoms with Crippen LogP contribution in [-0.4, -0.2) is 35.7 Å². The molecule has 94 valence electrons. The van der Waals surface area contributed by atoms with Crippen LogP contribution < -0.4 is 10.2 Å². The molecule has 1 N–H and O–H groups in total. The van der Waals surface area contributed by atoms with E-state index in [1.807, 2.05) is 0 Å². The Kier molecular flexibility index (Phi) is 2.82. The van der Waals surface area contributed by atoms with E-state index >= 15 is 0 Å². The number of anilines is 1. The van der Waals surface area contributed by atoms with Crippen LogP contribution in [0, 0.1) is 11.8 Å². The molecule has 0 saturated carbocycles. The smallest absolute Gasteiger partial charge is 0.205 e. The summed E-state index contributed by atoms with van der Waals surface area (Å²) in [4.78, 5) is 7.26. The normalized spacial score (nSPS) is 27.8. The Morgan fingerprint density at radius 1 is 1.29 bits per heavy atom. The van der Waals surface area contributed by atoms with Crippen molar-refractivity contribution in [2.45, 2.75) is 26.8 Å². The Labute approximate surface area is 103 Å². The van der Waals surface area contributed by atoms with E-state index < -0.39 is 0 Å². The molecule has 0 radical (unpaired) electrons. The first-order valence-corrected chi connectivity index (χ1v) is 6.83. The van der Waals surface area contributed by atoms with Crippen LogP contribution >= 0.6 is 0 Å². The number of nitrogens with one attached hydrogen (secondary N) is 1. The number of rotatable bonds is 3. The van der Waals surface area contributed by atoms with Crippen molar-refractivity contribution in [3.05, 3.63) is 11.9 Å². The van der Waals surface area contributed by atoms with E-state index in [1.165, 1.54) is 37.8 Å². The van der Waals surface area contributed by atoms with Gasteiger partial charge in [0.05, 0.1) is 5.69 Å². The monoisotopic (exact) mass is 234 g/mol. The van der Waals surface area contributed by atoms with Crippen LogP contribution in [0.4, 0.5) is 5.95 Å². The van der Waals surface area contributed by atoms with E-state index in [4.69, 9.17) is 4.98 Å². The Balaban J connectivity index is 1.82. The first-order valence-electron chi connectivity index (χ1n) is 6.83. The van der Waals surface area contributed by atoms with E-state index in [-0.39, 0.29) is 0 Å². The van der Waals surface area contributed by atoms with Crippen molar-refractivity contribution in [2.24, 2.45) is 11.8 Å². The third-order valence-corrected chi connectivity index (χ3v) is 4.18. The van der Waals surface area contributed by atoms with E-state index in [2.05, 4.69) is 34.8 Å². The van der Waals surface area contributed by atoms with Gasteiger partial charge in [0.2, 0.25) is 5.95 Å². The fraction of sp³-hybridized carbons (Fsp3) is 0.769. The summed E-state index contributed by atoms with van der Waals surface area (Å²) < 4.78 is 2.30. The third-order valence-electron chi connectivity index (χ3n) is 4.18. The van der Waals surface area contributed by atoms with Crippen molar-refractivity contribution >= 4 is 5.95 Å². The van der Waals surface area contributed by atoms with Gasteiger partial charge in [0.25, 0.3) is 0 Å². The number of hydrogen-bond acceptors (Lipinski definition) is 3. The second-order valence-electron chi connectivity index (χ2n) is 5.26. The van der Waals surface area contributed by atoms with Crippen LogP contribution in [0.25, 0.3) is 0 Å². The third kappa shape index (κ3) is 1.84. The topological polar surface area (TPSA) is 33.1 Å². The summed E-state index contributed by atoms with van der Waals surface area (Å²) in [5, 5.41) is 3.49. The molecule has 3 rings (SSSR count). The van der Waals surface area contributed by atoms with Crippen molar-refractivity contribution in [1.82, 2.24) is 14.9 Å². The van der Waals surface area contributed by atoms with Gasteiger partial charge in [-0.25, -0.2) is 4.98 Å². The summed E-state index contributed by atoms with van der Waals surface area (Å²) in [5.74, 6) is 2.86. The minimum atomic E-state index is 0.835. The molecule has 2 saturated heterocycles. The van der Waals surface area contributed by atoms with Crippen LogP contribution in [0.2, 0.25) is 0 Å². The van der Waals surface area contributed by atoms with Gasteiger partial charge in [0.1, 0.15) is 0 Å². The highest BCUT2D eigenvalue weighted by atomic mass is 15.3. The first-order chi connectivity index (χ1) is 8.31. The summed E-state index contributed by atoms with van der Waals surface area (Å²) in [6.07, 6.45) is 3.24. The standard InChI is InChI=1S/C13H22N4/c1-3-12-9-16(4-2)13(15-12)17-7-10-5-14-6-11(10)8-17/h9-11,14H,3-8H2,1-2H3. The zero-order chi connectivity index (χ0) is 11.8. The van der Waals surface area contributed by atoms with Crippen LogP contribution in [-0.2, 0) is 13.0 Å². The fourth-order valence-corrected chi connectivity index (χ4v) is 3.13. The largest absolute Gasteiger partial charge is 0.342 e. The lowest BCUT2D eigenvalue weighted by Crippen LogP contribution is -2.27. The Bertz CT molecular complexity index is 386. The summed E-state index contributed by atoms with van der Waals surface area (Å²) in [6, 6.07) is 0. The highest BCUT2D eigenvalue weighted by Gasteiger charge is 2.37. The molecular formula is C13H22N4. The van der Waals surface area contributed by atoms with Gasteiger partial charge in [-0.15, -0.1) is 0 Å². The van der Waals surface area contributed by atoms with Gasteiger partial charge in [-0.05, 0) is 25.2 Å². The van der Waals surface area contributed by atoms with E-state index in [9.17, 15) is 0 Å². The molecule has 0 spiro atoms. The maximum Gasteiger partial charge on any atom is 0.205 e. The van der Waals surface area contributed by atoms with Crippen molar-refractivity contribution in [2.75, 3.05) is 31.1 Å². The predicted octanol–water partition coefficient (Wildman–Crippen LogP) is 1.12. The quantitative estimate of drug-likeness (QED) is 0.851. The number of nitrogens with zero attached hydrogens (tertiary/aromatic N) is 3. The Morgan fingerprint density at radius 3 is 2.59 bits per heavy atom. The zero-order valence-electron chi connectivity index (χ0n) is 10.8. The summed E-state index contributed by atoms with van der Waals surface area (Å²) in [7, 11) is 0. The number of fused-ring (bicyclic) bond motifs is 1. The van der Waals surface area contributed by atoms with Gasteiger partial charge in [-0.3, -0.25) is 0 Å². The summed E-state index contributed by atoms with van der Waals surface area (Å²) in [5.41, 5.74) is 1.22. The maximum absolute atomic E-state index is 4.78. The number of hydrogen-bond donors (Lipinski definition) is 1. The first kappa shape index (κ1) is 11.1. The van der Waals surface area contributed by atoms with Crippen LogP contribution in [0.1, 0.15) is 19.5 Å². The summed E-state index contributed by atoms with van der Waals surface area (Å²) in [6.45, 7) is 10.1. The molecular weight excluding hydrogens is 212 g/mol. The number of aromatic nitrogens is 2. The van der Waals surface area contributed by atoms with Crippen molar-refractivity contribution in [1.29, 1.82) is 0 Å². The van der Waals surface area contributed by atoms with Gasteiger partial charge in [0, 0.05) is 38.9 Å². The van der Waals surface area contributed by atoms with Gasteiger partial charge < -0.3 is 14.8 Å².